The Morgan fingerprint density at radius 3 is 2.12 bits per heavy atom. The second-order valence-electron chi connectivity index (χ2n) is 10.5. The van der Waals surface area contributed by atoms with Crippen LogP contribution < -0.4 is 9.62 Å². The number of aryl methyl sites for hydroxylation is 2. The molecule has 0 bridgehead atoms. The van der Waals surface area contributed by atoms with Gasteiger partial charge in [-0.25, -0.2) is 8.42 Å². The molecule has 0 unspecified atom stereocenters. The molecule has 214 valence electrons. The summed E-state index contributed by atoms with van der Waals surface area (Å²) >= 11 is 0. The number of anilines is 1. The maximum Gasteiger partial charge on any atom is 0.244 e. The molecule has 2 atom stereocenters. The molecule has 0 aliphatic carbocycles. The van der Waals surface area contributed by atoms with Crippen LogP contribution in [0.25, 0.3) is 0 Å². The normalized spacial score (nSPS) is 12.8. The highest BCUT2D eigenvalue weighted by Gasteiger charge is 2.33. The van der Waals surface area contributed by atoms with Crippen LogP contribution in [0.1, 0.15) is 48.1 Å². The fourth-order valence-corrected chi connectivity index (χ4v) is 5.39. The zero-order valence-corrected chi connectivity index (χ0v) is 25.2. The van der Waals surface area contributed by atoms with E-state index in [2.05, 4.69) is 5.32 Å². The molecule has 0 aromatic heterocycles. The van der Waals surface area contributed by atoms with E-state index in [1.54, 1.807) is 12.1 Å². The van der Waals surface area contributed by atoms with Crippen LogP contribution in [0.3, 0.4) is 0 Å². The molecule has 0 heterocycles. The largest absolute Gasteiger partial charge is 0.352 e. The van der Waals surface area contributed by atoms with Crippen LogP contribution >= 0.6 is 0 Å². The van der Waals surface area contributed by atoms with Gasteiger partial charge in [0.2, 0.25) is 21.8 Å². The van der Waals surface area contributed by atoms with Gasteiger partial charge in [-0.05, 0) is 62.4 Å². The Kier molecular flexibility index (Phi) is 10.5. The second-order valence-corrected chi connectivity index (χ2v) is 12.4. The molecule has 3 aromatic carbocycles. The summed E-state index contributed by atoms with van der Waals surface area (Å²) in [5.74, 6) is -0.719. The minimum absolute atomic E-state index is 0.0791. The lowest BCUT2D eigenvalue weighted by Gasteiger charge is -2.34. The summed E-state index contributed by atoms with van der Waals surface area (Å²) in [6.07, 6.45) is 2.14. The minimum Gasteiger partial charge on any atom is -0.352 e. The summed E-state index contributed by atoms with van der Waals surface area (Å²) < 4.78 is 27.2. The first-order valence-corrected chi connectivity index (χ1v) is 15.5. The number of amides is 2. The van der Waals surface area contributed by atoms with Gasteiger partial charge in [-0.2, -0.15) is 0 Å². The minimum atomic E-state index is -3.81. The first kappa shape index (κ1) is 30.9. The van der Waals surface area contributed by atoms with Gasteiger partial charge in [0.1, 0.15) is 12.6 Å². The van der Waals surface area contributed by atoms with Crippen molar-refractivity contribution in [2.75, 3.05) is 17.1 Å². The molecule has 3 aromatic rings. The Hall–Kier alpha value is -3.65. The van der Waals surface area contributed by atoms with Gasteiger partial charge in [0.05, 0.1) is 11.9 Å². The molecule has 0 aliphatic rings. The predicted molar refractivity (Wildman–Crippen MR) is 162 cm³/mol. The van der Waals surface area contributed by atoms with Crippen LogP contribution in [0.5, 0.6) is 0 Å². The quantitative estimate of drug-likeness (QED) is 0.339. The Balaban J connectivity index is 2.08. The predicted octanol–water partition coefficient (Wildman–Crippen LogP) is 4.93. The van der Waals surface area contributed by atoms with E-state index in [4.69, 9.17) is 0 Å². The molecule has 2 amide bonds. The number of nitrogens with zero attached hydrogens (tertiary/aromatic N) is 2. The van der Waals surface area contributed by atoms with Crippen LogP contribution in [0.15, 0.2) is 72.8 Å². The van der Waals surface area contributed by atoms with Crippen molar-refractivity contribution < 1.29 is 18.0 Å². The maximum absolute atomic E-state index is 14.2. The van der Waals surface area contributed by atoms with Crippen molar-refractivity contribution in [3.05, 3.63) is 101 Å². The summed E-state index contributed by atoms with van der Waals surface area (Å²) in [6.45, 7) is 9.38. The van der Waals surface area contributed by atoms with Gasteiger partial charge in [0.15, 0.2) is 0 Å². The molecule has 0 saturated carbocycles. The fourth-order valence-electron chi connectivity index (χ4n) is 4.49. The first-order valence-electron chi connectivity index (χ1n) is 13.6. The Bertz CT molecular complexity index is 1410. The van der Waals surface area contributed by atoms with Gasteiger partial charge in [-0.1, -0.05) is 79.2 Å². The average Bonchev–Trinajstić information content (AvgIpc) is 2.91. The number of nitrogens with one attached hydrogen (secondary N) is 1. The third kappa shape index (κ3) is 8.18. The molecule has 0 fully saturated rings. The van der Waals surface area contributed by atoms with Gasteiger partial charge < -0.3 is 10.2 Å². The lowest BCUT2D eigenvalue weighted by molar-refractivity contribution is -0.140. The topological polar surface area (TPSA) is 86.8 Å². The number of hydrogen-bond donors (Lipinski definition) is 1. The molecule has 0 aliphatic heterocycles. The van der Waals surface area contributed by atoms with E-state index in [1.807, 2.05) is 95.3 Å². The molecule has 0 saturated heterocycles. The maximum atomic E-state index is 14.2. The number of sulfonamides is 1. The van der Waals surface area contributed by atoms with E-state index in [0.717, 1.165) is 44.8 Å². The van der Waals surface area contributed by atoms with Crippen LogP contribution in [-0.4, -0.2) is 50.0 Å². The molecule has 0 radical (unpaired) electrons. The van der Waals surface area contributed by atoms with Gasteiger partial charge in [0, 0.05) is 19.0 Å². The zero-order chi connectivity index (χ0) is 29.4. The Morgan fingerprint density at radius 1 is 0.875 bits per heavy atom. The van der Waals surface area contributed by atoms with Crippen molar-refractivity contribution in [3.63, 3.8) is 0 Å². The average molecular weight is 564 g/mol. The van der Waals surface area contributed by atoms with Crippen molar-refractivity contribution in [3.8, 4) is 0 Å². The standard InChI is InChI=1S/C32H41N3O4S/c1-7-25(4)33-32(37)30(20-27-13-9-8-10-14-27)34(21-28-18-16-23(2)17-19-28)31(36)22-35(40(6,38)39)29-15-11-12-24(3)26(29)5/h8-19,25,30H,7,20-22H2,1-6H3,(H,33,37)/t25-,30-/m1/s1. The zero-order valence-electron chi connectivity index (χ0n) is 24.3. The fraction of sp³-hybridized carbons (Fsp3) is 0.375. The van der Waals surface area contributed by atoms with Crippen LogP contribution in [-0.2, 0) is 32.6 Å². The van der Waals surface area contributed by atoms with E-state index in [1.165, 1.54) is 4.90 Å². The molecule has 0 spiro atoms. The van der Waals surface area contributed by atoms with E-state index >= 15 is 0 Å². The van der Waals surface area contributed by atoms with Crippen LogP contribution in [0, 0.1) is 20.8 Å². The van der Waals surface area contributed by atoms with Gasteiger partial charge in [-0.15, -0.1) is 0 Å². The summed E-state index contributed by atoms with van der Waals surface area (Å²) in [5, 5.41) is 3.05. The van der Waals surface area contributed by atoms with Crippen molar-refractivity contribution in [2.45, 2.75) is 66.1 Å². The van der Waals surface area contributed by atoms with Crippen molar-refractivity contribution in [2.24, 2.45) is 0 Å². The summed E-state index contributed by atoms with van der Waals surface area (Å²) in [4.78, 5) is 29.4. The van der Waals surface area contributed by atoms with Crippen molar-refractivity contribution in [1.29, 1.82) is 0 Å². The molecule has 40 heavy (non-hydrogen) atoms. The van der Waals surface area contributed by atoms with E-state index in [0.29, 0.717) is 12.1 Å². The molecular weight excluding hydrogens is 522 g/mol. The van der Waals surface area contributed by atoms with Crippen LogP contribution in [0.2, 0.25) is 0 Å². The number of hydrogen-bond acceptors (Lipinski definition) is 4. The summed E-state index contributed by atoms with van der Waals surface area (Å²) in [6, 6.07) is 21.8. The van der Waals surface area contributed by atoms with E-state index in [9.17, 15) is 18.0 Å². The van der Waals surface area contributed by atoms with Gasteiger partial charge >= 0.3 is 0 Å². The number of benzene rings is 3. The third-order valence-electron chi connectivity index (χ3n) is 7.27. The van der Waals surface area contributed by atoms with E-state index in [-0.39, 0.29) is 18.5 Å². The molecule has 7 nitrogen and oxygen atoms in total. The highest BCUT2D eigenvalue weighted by molar-refractivity contribution is 7.92. The lowest BCUT2D eigenvalue weighted by atomic mass is 10.0. The Labute approximate surface area is 239 Å². The highest BCUT2D eigenvalue weighted by atomic mass is 32.2. The summed E-state index contributed by atoms with van der Waals surface area (Å²) in [7, 11) is -3.81. The van der Waals surface area contributed by atoms with Crippen molar-refractivity contribution >= 4 is 27.5 Å². The highest BCUT2D eigenvalue weighted by Crippen LogP contribution is 2.26. The Morgan fingerprint density at radius 2 is 1.52 bits per heavy atom. The molecule has 3 rings (SSSR count). The second kappa shape index (κ2) is 13.6. The first-order chi connectivity index (χ1) is 18.9. The van der Waals surface area contributed by atoms with Crippen LogP contribution in [0.4, 0.5) is 5.69 Å². The number of carbonyl (C=O) groups excluding carboxylic acids is 2. The number of carbonyl (C=O) groups is 2. The molecule has 1 N–H and O–H groups in total. The SMILES string of the molecule is CC[C@@H](C)NC(=O)[C@@H](Cc1ccccc1)N(Cc1ccc(C)cc1)C(=O)CN(c1cccc(C)c1C)S(C)(=O)=O. The smallest absolute Gasteiger partial charge is 0.244 e. The molecule has 8 heteroatoms. The monoisotopic (exact) mass is 563 g/mol. The van der Waals surface area contributed by atoms with Gasteiger partial charge in [-0.3, -0.25) is 13.9 Å². The van der Waals surface area contributed by atoms with Gasteiger partial charge in [0.25, 0.3) is 0 Å². The summed E-state index contributed by atoms with van der Waals surface area (Å²) in [5.41, 5.74) is 4.99. The molecular formula is C32H41N3O4S. The van der Waals surface area contributed by atoms with Crippen molar-refractivity contribution in [1.82, 2.24) is 10.2 Å². The number of rotatable bonds is 12. The van der Waals surface area contributed by atoms with E-state index < -0.39 is 28.5 Å². The third-order valence-corrected chi connectivity index (χ3v) is 8.40. The lowest BCUT2D eigenvalue weighted by Crippen LogP contribution is -2.54.